The summed E-state index contributed by atoms with van der Waals surface area (Å²) in [4.78, 5) is 21.9. The number of carbonyl (C=O) groups excluding carboxylic acids is 1. The molecule has 1 aliphatic carbocycles. The molecule has 2 atom stereocenters. The molecule has 0 spiro atoms. The van der Waals surface area contributed by atoms with Crippen molar-refractivity contribution in [1.82, 2.24) is 15.8 Å². The van der Waals surface area contributed by atoms with E-state index in [9.17, 15) is 9.59 Å². The maximum atomic E-state index is 11.3. The Hall–Kier alpha value is -1.30. The summed E-state index contributed by atoms with van der Waals surface area (Å²) < 4.78 is 0. The molecule has 86 valence electrons. The first-order valence-corrected chi connectivity index (χ1v) is 4.96. The van der Waals surface area contributed by atoms with E-state index in [1.165, 1.54) is 0 Å². The van der Waals surface area contributed by atoms with Crippen LogP contribution in [0, 0.1) is 5.92 Å². The Morgan fingerprint density at radius 3 is 2.47 bits per heavy atom. The van der Waals surface area contributed by atoms with Crippen molar-refractivity contribution < 1.29 is 14.7 Å². The zero-order chi connectivity index (χ0) is 11.4. The van der Waals surface area contributed by atoms with Crippen molar-refractivity contribution in [2.75, 3.05) is 14.1 Å². The number of carbonyl (C=O) groups is 2. The van der Waals surface area contributed by atoms with Crippen LogP contribution in [0.25, 0.3) is 0 Å². The van der Waals surface area contributed by atoms with Gasteiger partial charge in [0, 0.05) is 20.1 Å². The SMILES string of the molecule is CN(C)NC(=O)NC1CCC(C(=O)O)C1. The van der Waals surface area contributed by atoms with Crippen molar-refractivity contribution in [1.29, 1.82) is 0 Å². The van der Waals surface area contributed by atoms with Crippen LogP contribution in [-0.2, 0) is 4.79 Å². The summed E-state index contributed by atoms with van der Waals surface area (Å²) in [6.07, 6.45) is 1.90. The van der Waals surface area contributed by atoms with E-state index in [2.05, 4.69) is 10.7 Å². The Bertz CT molecular complexity index is 255. The normalized spacial score (nSPS) is 25.3. The van der Waals surface area contributed by atoms with Gasteiger partial charge in [-0.25, -0.2) is 9.80 Å². The van der Waals surface area contributed by atoms with Gasteiger partial charge in [-0.05, 0) is 19.3 Å². The van der Waals surface area contributed by atoms with Gasteiger partial charge in [0.2, 0.25) is 0 Å². The smallest absolute Gasteiger partial charge is 0.329 e. The maximum absolute atomic E-state index is 11.3. The molecule has 2 unspecified atom stereocenters. The molecule has 0 heterocycles. The molecule has 3 N–H and O–H groups in total. The van der Waals surface area contributed by atoms with Gasteiger partial charge in [0.05, 0.1) is 5.92 Å². The quantitative estimate of drug-likeness (QED) is 0.579. The topological polar surface area (TPSA) is 81.7 Å². The number of hydrogen-bond acceptors (Lipinski definition) is 3. The number of carboxylic acids is 1. The summed E-state index contributed by atoms with van der Waals surface area (Å²) >= 11 is 0. The lowest BCUT2D eigenvalue weighted by atomic mass is 10.1. The third-order valence-corrected chi connectivity index (χ3v) is 2.44. The van der Waals surface area contributed by atoms with Crippen molar-refractivity contribution in [3.8, 4) is 0 Å². The van der Waals surface area contributed by atoms with Gasteiger partial charge >= 0.3 is 12.0 Å². The minimum Gasteiger partial charge on any atom is -0.481 e. The number of aliphatic carboxylic acids is 1. The van der Waals surface area contributed by atoms with E-state index in [-0.39, 0.29) is 18.0 Å². The van der Waals surface area contributed by atoms with E-state index < -0.39 is 5.97 Å². The molecule has 0 aromatic carbocycles. The molecule has 15 heavy (non-hydrogen) atoms. The summed E-state index contributed by atoms with van der Waals surface area (Å²) in [6.45, 7) is 0. The third-order valence-electron chi connectivity index (χ3n) is 2.44. The highest BCUT2D eigenvalue weighted by atomic mass is 16.4. The van der Waals surface area contributed by atoms with Crippen molar-refractivity contribution in [3.05, 3.63) is 0 Å². The summed E-state index contributed by atoms with van der Waals surface area (Å²) in [5.74, 6) is -1.08. The molecule has 0 aromatic rings. The van der Waals surface area contributed by atoms with Crippen LogP contribution in [0.4, 0.5) is 4.79 Å². The first-order chi connectivity index (χ1) is 6.99. The fraction of sp³-hybridized carbons (Fsp3) is 0.778. The van der Waals surface area contributed by atoms with Crippen molar-refractivity contribution in [2.45, 2.75) is 25.3 Å². The van der Waals surface area contributed by atoms with Crippen molar-refractivity contribution >= 4 is 12.0 Å². The summed E-state index contributed by atoms with van der Waals surface area (Å²) in [5.41, 5.74) is 2.55. The standard InChI is InChI=1S/C9H17N3O3/c1-12(2)11-9(15)10-7-4-3-6(5-7)8(13)14/h6-7H,3-5H2,1-2H3,(H,13,14)(H2,10,11,15). The van der Waals surface area contributed by atoms with E-state index >= 15 is 0 Å². The Morgan fingerprint density at radius 1 is 1.33 bits per heavy atom. The third kappa shape index (κ3) is 3.75. The van der Waals surface area contributed by atoms with Crippen LogP contribution in [0.15, 0.2) is 0 Å². The van der Waals surface area contributed by atoms with Gasteiger partial charge in [-0.2, -0.15) is 0 Å². The highest BCUT2D eigenvalue weighted by Gasteiger charge is 2.30. The molecule has 1 aliphatic rings. The molecule has 0 radical (unpaired) electrons. The number of nitrogens with one attached hydrogen (secondary N) is 2. The molecule has 0 saturated heterocycles. The van der Waals surface area contributed by atoms with Gasteiger partial charge < -0.3 is 10.4 Å². The molecule has 1 fully saturated rings. The lowest BCUT2D eigenvalue weighted by Crippen LogP contribution is -2.46. The van der Waals surface area contributed by atoms with Crippen molar-refractivity contribution in [2.24, 2.45) is 5.92 Å². The second-order valence-corrected chi connectivity index (χ2v) is 4.02. The molecule has 6 heteroatoms. The van der Waals surface area contributed by atoms with Crippen LogP contribution in [0.2, 0.25) is 0 Å². The lowest BCUT2D eigenvalue weighted by Gasteiger charge is -2.16. The van der Waals surface area contributed by atoms with Gasteiger partial charge in [0.1, 0.15) is 0 Å². The molecule has 0 bridgehead atoms. The van der Waals surface area contributed by atoms with Crippen LogP contribution < -0.4 is 10.7 Å². The van der Waals surface area contributed by atoms with Gasteiger partial charge in [-0.1, -0.05) is 0 Å². The summed E-state index contributed by atoms with van der Waals surface area (Å²) in [7, 11) is 3.43. The fourth-order valence-electron chi connectivity index (χ4n) is 1.76. The monoisotopic (exact) mass is 215 g/mol. The fourth-order valence-corrected chi connectivity index (χ4v) is 1.76. The first kappa shape index (κ1) is 11.8. The second kappa shape index (κ2) is 4.97. The van der Waals surface area contributed by atoms with Crippen LogP contribution >= 0.6 is 0 Å². The highest BCUT2D eigenvalue weighted by molar-refractivity contribution is 5.74. The maximum Gasteiger partial charge on any atom is 0.329 e. The number of urea groups is 1. The highest BCUT2D eigenvalue weighted by Crippen LogP contribution is 2.25. The Morgan fingerprint density at radius 2 is 2.00 bits per heavy atom. The number of rotatable bonds is 3. The summed E-state index contributed by atoms with van der Waals surface area (Å²) in [5, 5.41) is 13.1. The van der Waals surface area contributed by atoms with Gasteiger partial charge in [-0.3, -0.25) is 10.2 Å². The predicted octanol–water partition coefficient (Wildman–Crippen LogP) is 0.0155. The number of nitrogens with zero attached hydrogens (tertiary/aromatic N) is 1. The zero-order valence-electron chi connectivity index (χ0n) is 8.99. The van der Waals surface area contributed by atoms with E-state index in [1.54, 1.807) is 19.1 Å². The molecular weight excluding hydrogens is 198 g/mol. The van der Waals surface area contributed by atoms with Gasteiger partial charge in [0.15, 0.2) is 0 Å². The van der Waals surface area contributed by atoms with E-state index in [0.717, 1.165) is 6.42 Å². The number of hydrazine groups is 1. The van der Waals surface area contributed by atoms with E-state index in [1.807, 2.05) is 0 Å². The van der Waals surface area contributed by atoms with Crippen LogP contribution in [0.3, 0.4) is 0 Å². The average Bonchev–Trinajstić information content (AvgIpc) is 2.50. The molecule has 0 aliphatic heterocycles. The average molecular weight is 215 g/mol. The number of hydrogen-bond donors (Lipinski definition) is 3. The Balaban J connectivity index is 2.30. The number of carboxylic acid groups (broad SMARTS) is 1. The van der Waals surface area contributed by atoms with Gasteiger partial charge in [0.25, 0.3) is 0 Å². The van der Waals surface area contributed by atoms with Crippen molar-refractivity contribution in [3.63, 3.8) is 0 Å². The minimum absolute atomic E-state index is 0.0222. The largest absolute Gasteiger partial charge is 0.481 e. The zero-order valence-corrected chi connectivity index (χ0v) is 8.99. The Kier molecular flexibility index (Phi) is 3.90. The second-order valence-electron chi connectivity index (χ2n) is 4.02. The van der Waals surface area contributed by atoms with E-state index in [0.29, 0.717) is 12.8 Å². The molecule has 1 saturated carbocycles. The lowest BCUT2D eigenvalue weighted by molar-refractivity contribution is -0.141. The summed E-state index contributed by atoms with van der Waals surface area (Å²) in [6, 6.07) is -0.304. The van der Waals surface area contributed by atoms with Gasteiger partial charge in [-0.15, -0.1) is 0 Å². The number of amides is 2. The van der Waals surface area contributed by atoms with E-state index in [4.69, 9.17) is 5.11 Å². The Labute approximate surface area is 88.6 Å². The van der Waals surface area contributed by atoms with Crippen LogP contribution in [0.5, 0.6) is 0 Å². The molecule has 6 nitrogen and oxygen atoms in total. The predicted molar refractivity (Wildman–Crippen MR) is 54.1 cm³/mol. The molecule has 1 rings (SSSR count). The molecule has 0 aromatic heterocycles. The first-order valence-electron chi connectivity index (χ1n) is 4.96. The minimum atomic E-state index is -0.771. The van der Waals surface area contributed by atoms with Crippen LogP contribution in [-0.4, -0.2) is 42.3 Å². The van der Waals surface area contributed by atoms with Crippen LogP contribution in [0.1, 0.15) is 19.3 Å². The molecule has 2 amide bonds. The molecular formula is C9H17N3O3.